The summed E-state index contributed by atoms with van der Waals surface area (Å²) in [4.78, 5) is 33.4. The quantitative estimate of drug-likeness (QED) is 0.642. The van der Waals surface area contributed by atoms with Gasteiger partial charge in [-0.15, -0.1) is 11.3 Å². The SMILES string of the molecule is Cc1ccc(-c2nc(C(=O)N3CCN(C(=O)Cc4ccc(F)cc4)CC3)cs2)cc1. The van der Waals surface area contributed by atoms with Gasteiger partial charge >= 0.3 is 0 Å². The maximum absolute atomic E-state index is 13.0. The van der Waals surface area contributed by atoms with E-state index < -0.39 is 0 Å². The molecule has 1 fully saturated rings. The number of nitrogens with zero attached hydrogens (tertiary/aromatic N) is 3. The number of carbonyl (C=O) groups excluding carboxylic acids is 2. The van der Waals surface area contributed by atoms with Gasteiger partial charge in [0.25, 0.3) is 5.91 Å². The summed E-state index contributed by atoms with van der Waals surface area (Å²) in [5.74, 6) is -0.426. The molecular weight excluding hydrogens is 401 g/mol. The maximum atomic E-state index is 13.0. The van der Waals surface area contributed by atoms with Crippen LogP contribution in [0.25, 0.3) is 10.6 Å². The van der Waals surface area contributed by atoms with Crippen molar-refractivity contribution >= 4 is 23.2 Å². The van der Waals surface area contributed by atoms with Gasteiger partial charge in [-0.2, -0.15) is 0 Å². The number of halogens is 1. The average Bonchev–Trinajstić information content (AvgIpc) is 3.26. The normalized spacial score (nSPS) is 14.1. The molecule has 2 aromatic carbocycles. The van der Waals surface area contributed by atoms with E-state index in [9.17, 15) is 14.0 Å². The van der Waals surface area contributed by atoms with Gasteiger partial charge in [-0.1, -0.05) is 42.0 Å². The lowest BCUT2D eigenvalue weighted by Gasteiger charge is -2.34. The molecule has 2 heterocycles. The minimum absolute atomic E-state index is 0.0102. The van der Waals surface area contributed by atoms with Gasteiger partial charge in [0.05, 0.1) is 6.42 Å². The smallest absolute Gasteiger partial charge is 0.273 e. The third-order valence-electron chi connectivity index (χ3n) is 5.21. The summed E-state index contributed by atoms with van der Waals surface area (Å²) in [7, 11) is 0. The molecule has 5 nitrogen and oxygen atoms in total. The molecule has 0 unspecified atom stereocenters. The minimum atomic E-state index is -0.314. The van der Waals surface area contributed by atoms with Crippen molar-refractivity contribution in [2.75, 3.05) is 26.2 Å². The molecule has 0 atom stereocenters. The summed E-state index contributed by atoms with van der Waals surface area (Å²) >= 11 is 1.46. The van der Waals surface area contributed by atoms with E-state index in [-0.39, 0.29) is 24.1 Å². The van der Waals surface area contributed by atoms with E-state index in [2.05, 4.69) is 4.98 Å². The van der Waals surface area contributed by atoms with E-state index in [0.29, 0.717) is 31.9 Å². The summed E-state index contributed by atoms with van der Waals surface area (Å²) in [6.45, 7) is 3.96. The van der Waals surface area contributed by atoms with Crippen LogP contribution < -0.4 is 0 Å². The summed E-state index contributed by atoms with van der Waals surface area (Å²) in [5, 5.41) is 2.62. The Kier molecular flexibility index (Phi) is 5.90. The van der Waals surface area contributed by atoms with Gasteiger partial charge in [0.1, 0.15) is 16.5 Å². The highest BCUT2D eigenvalue weighted by molar-refractivity contribution is 7.13. The highest BCUT2D eigenvalue weighted by atomic mass is 32.1. The molecule has 154 valence electrons. The standard InChI is InChI=1S/C23H22FN3O2S/c1-16-2-6-18(7-3-16)22-25-20(15-30-22)23(29)27-12-10-26(11-13-27)21(28)14-17-4-8-19(24)9-5-17/h2-9,15H,10-14H2,1H3. The minimum Gasteiger partial charge on any atom is -0.339 e. The molecule has 0 saturated carbocycles. The lowest BCUT2D eigenvalue weighted by atomic mass is 10.1. The summed E-state index contributed by atoms with van der Waals surface area (Å²) < 4.78 is 13.0. The van der Waals surface area contributed by atoms with Crippen molar-refractivity contribution in [3.05, 3.63) is 76.5 Å². The Morgan fingerprint density at radius 3 is 2.27 bits per heavy atom. The van der Waals surface area contributed by atoms with Gasteiger partial charge in [0.15, 0.2) is 0 Å². The van der Waals surface area contributed by atoms with Gasteiger partial charge in [-0.25, -0.2) is 9.37 Å². The molecule has 30 heavy (non-hydrogen) atoms. The van der Waals surface area contributed by atoms with Gasteiger partial charge in [0.2, 0.25) is 5.91 Å². The average molecular weight is 424 g/mol. The maximum Gasteiger partial charge on any atom is 0.273 e. The van der Waals surface area contributed by atoms with Crippen molar-refractivity contribution in [2.24, 2.45) is 0 Å². The molecule has 0 N–H and O–H groups in total. The topological polar surface area (TPSA) is 53.5 Å². The lowest BCUT2D eigenvalue weighted by Crippen LogP contribution is -2.51. The number of piperazine rings is 1. The highest BCUT2D eigenvalue weighted by Crippen LogP contribution is 2.25. The van der Waals surface area contributed by atoms with Gasteiger partial charge in [0, 0.05) is 37.1 Å². The molecule has 4 rings (SSSR count). The summed E-state index contributed by atoms with van der Waals surface area (Å²) in [5.41, 5.74) is 3.41. The molecule has 3 aromatic rings. The number of hydrogen-bond acceptors (Lipinski definition) is 4. The molecule has 1 aliphatic heterocycles. The van der Waals surface area contributed by atoms with Gasteiger partial charge < -0.3 is 9.80 Å². The first-order valence-electron chi connectivity index (χ1n) is 9.83. The number of rotatable bonds is 4. The van der Waals surface area contributed by atoms with E-state index >= 15 is 0 Å². The Hall–Kier alpha value is -3.06. The third kappa shape index (κ3) is 4.57. The molecule has 0 spiro atoms. The number of hydrogen-bond donors (Lipinski definition) is 0. The van der Waals surface area contributed by atoms with Crippen molar-refractivity contribution in [1.82, 2.24) is 14.8 Å². The van der Waals surface area contributed by atoms with E-state index in [0.717, 1.165) is 16.1 Å². The second-order valence-electron chi connectivity index (χ2n) is 7.38. The fraction of sp³-hybridized carbons (Fsp3) is 0.261. The number of amides is 2. The van der Waals surface area contributed by atoms with Crippen LogP contribution in [0.15, 0.2) is 53.9 Å². The van der Waals surface area contributed by atoms with Crippen LogP contribution in [0.1, 0.15) is 21.6 Å². The molecule has 2 amide bonds. The third-order valence-corrected chi connectivity index (χ3v) is 6.10. The molecule has 1 aromatic heterocycles. The van der Waals surface area contributed by atoms with Crippen LogP contribution in [0.4, 0.5) is 4.39 Å². The van der Waals surface area contributed by atoms with E-state index in [4.69, 9.17) is 0 Å². The van der Waals surface area contributed by atoms with Crippen LogP contribution in [0, 0.1) is 12.7 Å². The molecule has 1 saturated heterocycles. The van der Waals surface area contributed by atoms with Crippen LogP contribution in [0.2, 0.25) is 0 Å². The van der Waals surface area contributed by atoms with Crippen LogP contribution in [-0.2, 0) is 11.2 Å². The predicted molar refractivity (Wildman–Crippen MR) is 115 cm³/mol. The van der Waals surface area contributed by atoms with Crippen LogP contribution >= 0.6 is 11.3 Å². The van der Waals surface area contributed by atoms with Gasteiger partial charge in [-0.05, 0) is 24.6 Å². The Labute approximate surface area is 178 Å². The zero-order valence-corrected chi connectivity index (χ0v) is 17.5. The second-order valence-corrected chi connectivity index (χ2v) is 8.24. The number of aryl methyl sites for hydroxylation is 1. The molecule has 0 bridgehead atoms. The van der Waals surface area contributed by atoms with E-state index in [1.807, 2.05) is 31.2 Å². The Balaban J connectivity index is 1.33. The number of benzene rings is 2. The fourth-order valence-electron chi connectivity index (χ4n) is 3.41. The van der Waals surface area contributed by atoms with Crippen molar-refractivity contribution in [3.63, 3.8) is 0 Å². The molecule has 7 heteroatoms. The number of aromatic nitrogens is 1. The number of carbonyl (C=O) groups is 2. The monoisotopic (exact) mass is 423 g/mol. The first-order chi connectivity index (χ1) is 14.5. The zero-order chi connectivity index (χ0) is 21.1. The van der Waals surface area contributed by atoms with Crippen molar-refractivity contribution in [1.29, 1.82) is 0 Å². The van der Waals surface area contributed by atoms with Crippen LogP contribution in [-0.4, -0.2) is 52.8 Å². The first-order valence-corrected chi connectivity index (χ1v) is 10.7. The van der Waals surface area contributed by atoms with E-state index in [1.165, 1.54) is 29.0 Å². The Bertz CT molecular complexity index is 1040. The molecular formula is C23H22FN3O2S. The molecule has 1 aliphatic rings. The van der Waals surface area contributed by atoms with E-state index in [1.54, 1.807) is 27.3 Å². The highest BCUT2D eigenvalue weighted by Gasteiger charge is 2.26. The van der Waals surface area contributed by atoms with Crippen molar-refractivity contribution in [3.8, 4) is 10.6 Å². The Morgan fingerprint density at radius 1 is 0.967 bits per heavy atom. The fourth-order valence-corrected chi connectivity index (χ4v) is 4.21. The number of thiazole rings is 1. The summed E-state index contributed by atoms with van der Waals surface area (Å²) in [6.07, 6.45) is 0.236. The molecule has 0 aliphatic carbocycles. The van der Waals surface area contributed by atoms with Crippen molar-refractivity contribution < 1.29 is 14.0 Å². The second kappa shape index (κ2) is 8.75. The molecule has 0 radical (unpaired) electrons. The lowest BCUT2D eigenvalue weighted by molar-refractivity contribution is -0.131. The largest absolute Gasteiger partial charge is 0.339 e. The predicted octanol–water partition coefficient (Wildman–Crippen LogP) is 3.78. The van der Waals surface area contributed by atoms with Crippen molar-refractivity contribution in [2.45, 2.75) is 13.3 Å². The summed E-state index contributed by atoms with van der Waals surface area (Å²) in [6, 6.07) is 14.0. The van der Waals surface area contributed by atoms with Crippen LogP contribution in [0.5, 0.6) is 0 Å². The van der Waals surface area contributed by atoms with Gasteiger partial charge in [-0.3, -0.25) is 9.59 Å². The first kappa shape index (κ1) is 20.2. The van der Waals surface area contributed by atoms with Crippen LogP contribution in [0.3, 0.4) is 0 Å². The Morgan fingerprint density at radius 2 is 1.60 bits per heavy atom. The zero-order valence-electron chi connectivity index (χ0n) is 16.7.